The molecular weight excluding hydrogens is 342 g/mol. The molecule has 0 aliphatic carbocycles. The van der Waals surface area contributed by atoms with Gasteiger partial charge in [-0.3, -0.25) is 4.79 Å². The van der Waals surface area contributed by atoms with Crippen molar-refractivity contribution in [2.75, 3.05) is 17.2 Å². The third kappa shape index (κ3) is 4.50. The molecule has 0 radical (unpaired) electrons. The van der Waals surface area contributed by atoms with Crippen LogP contribution in [0.5, 0.6) is 0 Å². The fraction of sp³-hybridized carbons (Fsp3) is 0.278. The zero-order valence-corrected chi connectivity index (χ0v) is 15.2. The maximum Gasteiger partial charge on any atom is 0.237 e. The molecule has 4 nitrogen and oxygen atoms in total. The minimum absolute atomic E-state index is 0.0642. The Morgan fingerprint density at radius 3 is 2.83 bits per heavy atom. The van der Waals surface area contributed by atoms with E-state index in [0.717, 1.165) is 16.8 Å². The summed E-state index contributed by atoms with van der Waals surface area (Å²) in [5.74, 6) is 0.154. The molecule has 0 saturated heterocycles. The topological polar surface area (TPSA) is 57.0 Å². The van der Waals surface area contributed by atoms with Gasteiger partial charge >= 0.3 is 0 Å². The van der Waals surface area contributed by atoms with Crippen molar-refractivity contribution in [1.82, 2.24) is 4.98 Å². The van der Waals surface area contributed by atoms with Crippen LogP contribution in [0.15, 0.2) is 41.6 Å². The lowest BCUT2D eigenvalue weighted by Gasteiger charge is -2.24. The SMILES string of the molecule is Cc1cccc(N(CCC#N)C(=O)CSc2ncccc2Cl)c1C. The predicted molar refractivity (Wildman–Crippen MR) is 98.5 cm³/mol. The second kappa shape index (κ2) is 8.72. The van der Waals surface area contributed by atoms with Gasteiger partial charge in [0, 0.05) is 18.4 Å². The van der Waals surface area contributed by atoms with Gasteiger partial charge in [-0.25, -0.2) is 4.98 Å². The summed E-state index contributed by atoms with van der Waals surface area (Å²) in [7, 11) is 0. The monoisotopic (exact) mass is 359 g/mol. The summed E-state index contributed by atoms with van der Waals surface area (Å²) in [6, 6.07) is 11.5. The molecule has 24 heavy (non-hydrogen) atoms. The van der Waals surface area contributed by atoms with Gasteiger partial charge in [0.25, 0.3) is 0 Å². The molecule has 1 amide bonds. The van der Waals surface area contributed by atoms with E-state index in [9.17, 15) is 4.79 Å². The number of halogens is 1. The number of rotatable bonds is 6. The lowest BCUT2D eigenvalue weighted by molar-refractivity contribution is -0.116. The lowest BCUT2D eigenvalue weighted by atomic mass is 10.1. The number of hydrogen-bond donors (Lipinski definition) is 0. The average Bonchev–Trinajstić information content (AvgIpc) is 2.58. The fourth-order valence-corrected chi connectivity index (χ4v) is 3.30. The first-order chi connectivity index (χ1) is 11.5. The highest BCUT2D eigenvalue weighted by Gasteiger charge is 2.18. The first kappa shape index (κ1) is 18.3. The smallest absolute Gasteiger partial charge is 0.237 e. The van der Waals surface area contributed by atoms with Crippen molar-refractivity contribution < 1.29 is 4.79 Å². The molecule has 0 aliphatic heterocycles. The number of hydrogen-bond acceptors (Lipinski definition) is 4. The van der Waals surface area contributed by atoms with Gasteiger partial charge in [0.15, 0.2) is 0 Å². The second-order valence-corrected chi connectivity index (χ2v) is 6.62. The molecule has 2 aromatic rings. The molecule has 1 heterocycles. The first-order valence-electron chi connectivity index (χ1n) is 7.51. The van der Waals surface area contributed by atoms with Gasteiger partial charge in [-0.2, -0.15) is 5.26 Å². The molecule has 1 aromatic heterocycles. The van der Waals surface area contributed by atoms with Crippen LogP contribution in [0.3, 0.4) is 0 Å². The highest BCUT2D eigenvalue weighted by molar-refractivity contribution is 8.00. The molecule has 2 rings (SSSR count). The molecule has 6 heteroatoms. The van der Waals surface area contributed by atoms with Gasteiger partial charge in [-0.15, -0.1) is 0 Å². The van der Waals surface area contributed by atoms with E-state index < -0.39 is 0 Å². The van der Waals surface area contributed by atoms with Gasteiger partial charge in [0.05, 0.1) is 23.3 Å². The summed E-state index contributed by atoms with van der Waals surface area (Å²) in [4.78, 5) is 18.6. The van der Waals surface area contributed by atoms with E-state index in [1.54, 1.807) is 23.2 Å². The van der Waals surface area contributed by atoms with Gasteiger partial charge in [-0.05, 0) is 43.2 Å². The number of pyridine rings is 1. The maximum absolute atomic E-state index is 12.7. The molecule has 0 fully saturated rings. The van der Waals surface area contributed by atoms with Gasteiger partial charge in [0.1, 0.15) is 5.03 Å². The number of nitrogens with zero attached hydrogens (tertiary/aromatic N) is 3. The van der Waals surface area contributed by atoms with Crippen LogP contribution >= 0.6 is 23.4 Å². The van der Waals surface area contributed by atoms with Crippen LogP contribution in [0.4, 0.5) is 5.69 Å². The molecular formula is C18H18ClN3OS. The van der Waals surface area contributed by atoms with Crippen molar-refractivity contribution in [3.8, 4) is 6.07 Å². The highest BCUT2D eigenvalue weighted by Crippen LogP contribution is 2.27. The third-order valence-corrected chi connectivity index (χ3v) is 5.08. The van der Waals surface area contributed by atoms with Crippen LogP contribution in [-0.2, 0) is 4.79 Å². The zero-order valence-electron chi connectivity index (χ0n) is 13.6. The number of carbonyl (C=O) groups excluding carboxylic acids is 1. The van der Waals surface area contributed by atoms with E-state index in [0.29, 0.717) is 16.6 Å². The van der Waals surface area contributed by atoms with Crippen LogP contribution in [0, 0.1) is 25.2 Å². The summed E-state index contributed by atoms with van der Waals surface area (Å²) in [6.07, 6.45) is 1.94. The molecule has 0 atom stereocenters. The Labute approximate surface area is 151 Å². The average molecular weight is 360 g/mol. The first-order valence-corrected chi connectivity index (χ1v) is 8.87. The number of thioether (sulfide) groups is 1. The van der Waals surface area contributed by atoms with Gasteiger partial charge < -0.3 is 4.90 Å². The Morgan fingerprint density at radius 1 is 1.33 bits per heavy atom. The Balaban J connectivity index is 2.18. The lowest BCUT2D eigenvalue weighted by Crippen LogP contribution is -2.34. The van der Waals surface area contributed by atoms with Crippen LogP contribution in [0.25, 0.3) is 0 Å². The second-order valence-electron chi connectivity index (χ2n) is 5.25. The van der Waals surface area contributed by atoms with Crippen molar-refractivity contribution in [3.05, 3.63) is 52.7 Å². The van der Waals surface area contributed by atoms with E-state index in [2.05, 4.69) is 11.1 Å². The minimum atomic E-state index is -0.0642. The van der Waals surface area contributed by atoms with Gasteiger partial charge in [-0.1, -0.05) is 35.5 Å². The summed E-state index contributed by atoms with van der Waals surface area (Å²) in [6.45, 7) is 4.37. The van der Waals surface area contributed by atoms with Crippen LogP contribution in [0.2, 0.25) is 5.02 Å². The third-order valence-electron chi connectivity index (χ3n) is 3.67. The van der Waals surface area contributed by atoms with Crippen molar-refractivity contribution in [2.45, 2.75) is 25.3 Å². The number of nitriles is 1. The highest BCUT2D eigenvalue weighted by atomic mass is 35.5. The standard InChI is InChI=1S/C18H18ClN3OS/c1-13-6-3-8-16(14(13)2)22(11-5-9-20)17(23)12-24-18-15(19)7-4-10-21-18/h3-4,6-8,10H,5,11-12H2,1-2H3. The number of amides is 1. The fourth-order valence-electron chi connectivity index (χ4n) is 2.25. The molecule has 0 saturated carbocycles. The van der Waals surface area contributed by atoms with E-state index >= 15 is 0 Å². The Bertz CT molecular complexity index is 773. The van der Waals surface area contributed by atoms with Crippen LogP contribution < -0.4 is 4.90 Å². The molecule has 0 N–H and O–H groups in total. The van der Waals surface area contributed by atoms with Crippen LogP contribution in [0.1, 0.15) is 17.5 Å². The van der Waals surface area contributed by atoms with E-state index in [-0.39, 0.29) is 18.1 Å². The quantitative estimate of drug-likeness (QED) is 0.717. The molecule has 0 bridgehead atoms. The van der Waals surface area contributed by atoms with Gasteiger partial charge in [0.2, 0.25) is 5.91 Å². The van der Waals surface area contributed by atoms with E-state index in [1.807, 2.05) is 32.0 Å². The summed E-state index contributed by atoms with van der Waals surface area (Å²) in [5.41, 5.74) is 3.01. The Hall–Kier alpha value is -2.03. The van der Waals surface area contributed by atoms with E-state index in [1.165, 1.54) is 11.8 Å². The molecule has 124 valence electrons. The summed E-state index contributed by atoms with van der Waals surface area (Å²) in [5, 5.41) is 10.1. The largest absolute Gasteiger partial charge is 0.310 e. The Kier molecular flexibility index (Phi) is 6.65. The summed E-state index contributed by atoms with van der Waals surface area (Å²) >= 11 is 7.39. The van der Waals surface area contributed by atoms with Crippen molar-refractivity contribution in [3.63, 3.8) is 0 Å². The normalized spacial score (nSPS) is 10.2. The number of aromatic nitrogens is 1. The number of aryl methyl sites for hydroxylation is 1. The molecule has 0 aliphatic rings. The van der Waals surface area contributed by atoms with E-state index in [4.69, 9.17) is 16.9 Å². The van der Waals surface area contributed by atoms with Crippen molar-refractivity contribution >= 4 is 35.0 Å². The zero-order chi connectivity index (χ0) is 17.5. The minimum Gasteiger partial charge on any atom is -0.310 e. The number of carbonyl (C=O) groups is 1. The molecule has 0 unspecified atom stereocenters. The predicted octanol–water partition coefficient (Wildman–Crippen LogP) is 4.39. The molecule has 0 spiro atoms. The number of anilines is 1. The van der Waals surface area contributed by atoms with Crippen molar-refractivity contribution in [2.24, 2.45) is 0 Å². The Morgan fingerprint density at radius 2 is 2.12 bits per heavy atom. The molecule has 1 aromatic carbocycles. The number of benzene rings is 1. The maximum atomic E-state index is 12.7. The van der Waals surface area contributed by atoms with Crippen molar-refractivity contribution in [1.29, 1.82) is 5.26 Å². The summed E-state index contributed by atoms with van der Waals surface area (Å²) < 4.78 is 0. The van der Waals surface area contributed by atoms with Crippen LogP contribution in [-0.4, -0.2) is 23.2 Å².